The molecule has 158 valence electrons. The molecule has 1 saturated heterocycles. The monoisotopic (exact) mass is 410 g/mol. The highest BCUT2D eigenvalue weighted by Gasteiger charge is 2.34. The van der Waals surface area contributed by atoms with Crippen LogP contribution in [0.2, 0.25) is 0 Å². The summed E-state index contributed by atoms with van der Waals surface area (Å²) in [5, 5.41) is 0. The quantitative estimate of drug-likeness (QED) is 0.754. The summed E-state index contributed by atoms with van der Waals surface area (Å²) < 4.78 is 1.41. The molecule has 1 fully saturated rings. The fraction of sp³-hybridized carbons (Fsp3) is 0.524. The Balaban J connectivity index is 1.65. The van der Waals surface area contributed by atoms with E-state index in [0.717, 1.165) is 30.5 Å². The fourth-order valence-corrected chi connectivity index (χ4v) is 4.31. The van der Waals surface area contributed by atoms with Crippen molar-refractivity contribution in [2.75, 3.05) is 18.5 Å². The summed E-state index contributed by atoms with van der Waals surface area (Å²) in [5.74, 6) is 1.04. The minimum atomic E-state index is -0.417. The number of hydrogen-bond donors (Lipinski definition) is 0. The Kier molecular flexibility index (Phi) is 5.13. The van der Waals surface area contributed by atoms with Gasteiger partial charge in [-0.15, -0.1) is 0 Å². The molecular weight excluding hydrogens is 384 g/mol. The van der Waals surface area contributed by atoms with E-state index in [4.69, 9.17) is 0 Å². The fourth-order valence-electron chi connectivity index (χ4n) is 4.31. The van der Waals surface area contributed by atoms with Crippen LogP contribution in [0.1, 0.15) is 53.8 Å². The van der Waals surface area contributed by atoms with E-state index in [2.05, 4.69) is 15.0 Å². The SMILES string of the molecule is Cc1cc(C)n(CC(=O)N2CCCCC2c2nc(C)c3c(n2)N(C)C(=O)C3)c(=O)n1. The maximum absolute atomic E-state index is 13.2. The van der Waals surface area contributed by atoms with Crippen LogP contribution in [-0.4, -0.2) is 49.8 Å². The molecule has 0 aromatic carbocycles. The van der Waals surface area contributed by atoms with Crippen molar-refractivity contribution >= 4 is 17.6 Å². The number of fused-ring (bicyclic) bond motifs is 1. The molecule has 4 rings (SSSR count). The van der Waals surface area contributed by atoms with E-state index >= 15 is 0 Å². The van der Waals surface area contributed by atoms with Crippen LogP contribution >= 0.6 is 0 Å². The van der Waals surface area contributed by atoms with Crippen LogP contribution in [0, 0.1) is 20.8 Å². The predicted octanol–water partition coefficient (Wildman–Crippen LogP) is 1.23. The highest BCUT2D eigenvalue weighted by molar-refractivity contribution is 6.00. The molecule has 1 unspecified atom stereocenters. The third-order valence-corrected chi connectivity index (χ3v) is 5.99. The minimum absolute atomic E-state index is 0.00199. The van der Waals surface area contributed by atoms with Gasteiger partial charge < -0.3 is 4.90 Å². The van der Waals surface area contributed by atoms with Gasteiger partial charge >= 0.3 is 5.69 Å². The van der Waals surface area contributed by atoms with E-state index < -0.39 is 5.69 Å². The molecule has 2 aliphatic rings. The molecule has 0 spiro atoms. The highest BCUT2D eigenvalue weighted by Crippen LogP contribution is 2.33. The van der Waals surface area contributed by atoms with Crippen LogP contribution in [0.5, 0.6) is 0 Å². The number of carbonyl (C=O) groups excluding carboxylic acids is 2. The maximum atomic E-state index is 13.2. The Morgan fingerprint density at radius 1 is 1.13 bits per heavy atom. The third kappa shape index (κ3) is 3.48. The number of likely N-dealkylation sites (tertiary alicyclic amines) is 1. The topological polar surface area (TPSA) is 101 Å². The smallest absolute Gasteiger partial charge is 0.331 e. The summed E-state index contributed by atoms with van der Waals surface area (Å²) in [6, 6.07) is 1.52. The van der Waals surface area contributed by atoms with Gasteiger partial charge in [-0.2, -0.15) is 4.98 Å². The van der Waals surface area contributed by atoms with E-state index in [1.54, 1.807) is 36.8 Å². The highest BCUT2D eigenvalue weighted by atomic mass is 16.2. The van der Waals surface area contributed by atoms with Gasteiger partial charge in [0.05, 0.1) is 12.5 Å². The number of carbonyl (C=O) groups is 2. The number of hydrogen-bond acceptors (Lipinski definition) is 6. The first-order valence-corrected chi connectivity index (χ1v) is 10.2. The zero-order chi connectivity index (χ0) is 21.6. The van der Waals surface area contributed by atoms with Crippen molar-refractivity contribution in [2.24, 2.45) is 0 Å². The zero-order valence-corrected chi connectivity index (χ0v) is 17.8. The summed E-state index contributed by atoms with van der Waals surface area (Å²) in [4.78, 5) is 54.2. The molecule has 30 heavy (non-hydrogen) atoms. The molecular formula is C21H26N6O3. The van der Waals surface area contributed by atoms with Gasteiger partial charge in [0, 0.05) is 36.2 Å². The number of nitrogens with zero attached hydrogens (tertiary/aromatic N) is 6. The standard InChI is InChI=1S/C21H26N6O3/c1-12-9-13(2)27(21(30)22-12)11-18(29)26-8-6-5-7-16(26)19-23-14(3)15-10-17(28)25(4)20(15)24-19/h9,16H,5-8,10-11H2,1-4H3. The molecule has 0 aliphatic carbocycles. The van der Waals surface area contributed by atoms with E-state index in [9.17, 15) is 14.4 Å². The van der Waals surface area contributed by atoms with E-state index in [1.807, 2.05) is 6.92 Å². The number of aromatic nitrogens is 4. The van der Waals surface area contributed by atoms with Gasteiger partial charge in [0.25, 0.3) is 0 Å². The molecule has 2 amide bonds. The molecule has 0 bridgehead atoms. The van der Waals surface area contributed by atoms with Gasteiger partial charge in [0.1, 0.15) is 12.4 Å². The predicted molar refractivity (Wildman–Crippen MR) is 110 cm³/mol. The van der Waals surface area contributed by atoms with Gasteiger partial charge in [-0.25, -0.2) is 14.8 Å². The van der Waals surface area contributed by atoms with E-state index in [1.165, 1.54) is 4.57 Å². The number of aryl methyl sites for hydroxylation is 3. The van der Waals surface area contributed by atoms with Crippen molar-refractivity contribution in [1.82, 2.24) is 24.4 Å². The largest absolute Gasteiger partial charge is 0.348 e. The lowest BCUT2D eigenvalue weighted by Gasteiger charge is -2.35. The summed E-state index contributed by atoms with van der Waals surface area (Å²) in [6.45, 7) is 5.97. The summed E-state index contributed by atoms with van der Waals surface area (Å²) in [7, 11) is 1.72. The van der Waals surface area contributed by atoms with Crippen molar-refractivity contribution < 1.29 is 9.59 Å². The average Bonchev–Trinajstić information content (AvgIpc) is 2.99. The lowest BCUT2D eigenvalue weighted by molar-refractivity contribution is -0.136. The first kappa shape index (κ1) is 20.2. The van der Waals surface area contributed by atoms with Crippen LogP contribution in [0.3, 0.4) is 0 Å². The van der Waals surface area contributed by atoms with Crippen molar-refractivity contribution in [3.63, 3.8) is 0 Å². The summed E-state index contributed by atoms with van der Waals surface area (Å²) >= 11 is 0. The molecule has 4 heterocycles. The Morgan fingerprint density at radius 3 is 2.63 bits per heavy atom. The Labute approximate surface area is 174 Å². The second-order valence-electron chi connectivity index (χ2n) is 8.11. The Hall–Kier alpha value is -3.10. The van der Waals surface area contributed by atoms with Crippen LogP contribution in [0.15, 0.2) is 10.9 Å². The van der Waals surface area contributed by atoms with Gasteiger partial charge in [-0.1, -0.05) is 0 Å². The van der Waals surface area contributed by atoms with E-state index in [0.29, 0.717) is 36.0 Å². The number of amides is 2. The lowest BCUT2D eigenvalue weighted by Crippen LogP contribution is -2.43. The van der Waals surface area contributed by atoms with Crippen LogP contribution < -0.4 is 10.6 Å². The lowest BCUT2D eigenvalue weighted by atomic mass is 10.0. The average molecular weight is 410 g/mol. The molecule has 9 nitrogen and oxygen atoms in total. The van der Waals surface area contributed by atoms with Gasteiger partial charge in [0.15, 0.2) is 5.82 Å². The number of rotatable bonds is 3. The zero-order valence-electron chi connectivity index (χ0n) is 17.8. The van der Waals surface area contributed by atoms with Gasteiger partial charge in [-0.05, 0) is 46.1 Å². The minimum Gasteiger partial charge on any atom is -0.331 e. The first-order chi connectivity index (χ1) is 14.3. The van der Waals surface area contributed by atoms with Crippen LogP contribution in [0.25, 0.3) is 0 Å². The van der Waals surface area contributed by atoms with E-state index in [-0.39, 0.29) is 24.4 Å². The van der Waals surface area contributed by atoms with Crippen molar-refractivity contribution in [1.29, 1.82) is 0 Å². The Bertz CT molecular complexity index is 1090. The summed E-state index contributed by atoms with van der Waals surface area (Å²) in [6.07, 6.45) is 2.92. The number of piperidine rings is 1. The molecule has 2 aromatic rings. The molecule has 2 aromatic heterocycles. The second-order valence-corrected chi connectivity index (χ2v) is 8.11. The molecule has 0 saturated carbocycles. The molecule has 0 N–H and O–H groups in total. The molecule has 0 radical (unpaired) electrons. The van der Waals surface area contributed by atoms with Crippen molar-refractivity contribution in [3.8, 4) is 0 Å². The molecule has 1 atom stereocenters. The first-order valence-electron chi connectivity index (χ1n) is 10.2. The maximum Gasteiger partial charge on any atom is 0.348 e. The van der Waals surface area contributed by atoms with Crippen LogP contribution in [0.4, 0.5) is 5.82 Å². The van der Waals surface area contributed by atoms with Crippen LogP contribution in [-0.2, 0) is 22.6 Å². The molecule has 2 aliphatic heterocycles. The van der Waals surface area contributed by atoms with Gasteiger partial charge in [0.2, 0.25) is 11.8 Å². The Morgan fingerprint density at radius 2 is 1.90 bits per heavy atom. The number of anilines is 1. The normalized spacial score (nSPS) is 18.7. The number of likely N-dealkylation sites (N-methyl/N-ethyl adjacent to an activating group) is 1. The van der Waals surface area contributed by atoms with Crippen molar-refractivity contribution in [2.45, 2.75) is 59.0 Å². The summed E-state index contributed by atoms with van der Waals surface area (Å²) in [5.41, 5.74) is 2.56. The second kappa shape index (κ2) is 7.62. The van der Waals surface area contributed by atoms with Gasteiger partial charge in [-0.3, -0.25) is 19.1 Å². The third-order valence-electron chi connectivity index (χ3n) is 5.99. The molecule has 9 heteroatoms. The van der Waals surface area contributed by atoms with Crippen molar-refractivity contribution in [3.05, 3.63) is 45.0 Å².